The first kappa shape index (κ1) is 16.1. The molecule has 4 nitrogen and oxygen atoms in total. The molecule has 0 saturated carbocycles. The van der Waals surface area contributed by atoms with Gasteiger partial charge in [0.05, 0.1) is 25.9 Å². The van der Waals surface area contributed by atoms with Crippen molar-refractivity contribution >= 4 is 27.3 Å². The number of hydrogen-bond acceptors (Lipinski definition) is 5. The van der Waals surface area contributed by atoms with Gasteiger partial charge in [0.2, 0.25) is 0 Å². The lowest BCUT2D eigenvalue weighted by Crippen LogP contribution is -2.30. The Kier molecular flexibility index (Phi) is 8.83. The Morgan fingerprint density at radius 3 is 2.89 bits per heavy atom. The third-order valence-corrected chi connectivity index (χ3v) is 4.17. The van der Waals surface area contributed by atoms with Crippen molar-refractivity contribution < 1.29 is 14.6 Å². The lowest BCUT2D eigenvalue weighted by Gasteiger charge is -2.12. The molecule has 0 aliphatic rings. The zero-order valence-corrected chi connectivity index (χ0v) is 12.9. The Balaban J connectivity index is 2.00. The molecule has 6 heteroatoms. The van der Waals surface area contributed by atoms with Gasteiger partial charge in [0.25, 0.3) is 0 Å². The number of thiophene rings is 1. The number of aliphatic hydroxyl groups is 1. The fourth-order valence-corrected chi connectivity index (χ4v) is 2.81. The van der Waals surface area contributed by atoms with Crippen LogP contribution in [0.4, 0.5) is 0 Å². The predicted octanol–water partition coefficient (Wildman–Crippen LogP) is 2.01. The van der Waals surface area contributed by atoms with E-state index in [1.165, 1.54) is 4.88 Å². The van der Waals surface area contributed by atoms with E-state index in [1.807, 2.05) is 18.4 Å². The quantitative estimate of drug-likeness (QED) is 0.641. The zero-order valence-electron chi connectivity index (χ0n) is 10.5. The lowest BCUT2D eigenvalue weighted by atomic mass is 10.3. The van der Waals surface area contributed by atoms with Crippen LogP contribution in [0, 0.1) is 0 Å². The van der Waals surface area contributed by atoms with Crippen LogP contribution in [0.5, 0.6) is 0 Å². The molecule has 1 atom stereocenters. The van der Waals surface area contributed by atoms with Crippen molar-refractivity contribution in [1.29, 1.82) is 0 Å². The van der Waals surface area contributed by atoms with E-state index >= 15 is 0 Å². The molecule has 0 fully saturated rings. The van der Waals surface area contributed by atoms with Gasteiger partial charge in [0.1, 0.15) is 0 Å². The number of rotatable bonds is 10. The molecule has 104 valence electrons. The third-order valence-electron chi connectivity index (χ3n) is 2.24. The minimum absolute atomic E-state index is 0.339. The minimum Gasteiger partial charge on any atom is -0.389 e. The monoisotopic (exact) mass is 337 g/mol. The van der Waals surface area contributed by atoms with Crippen LogP contribution in [0.25, 0.3) is 0 Å². The molecule has 0 bridgehead atoms. The van der Waals surface area contributed by atoms with Gasteiger partial charge in [-0.05, 0) is 34.3 Å². The van der Waals surface area contributed by atoms with Crippen LogP contribution in [0.2, 0.25) is 0 Å². The van der Waals surface area contributed by atoms with Crippen molar-refractivity contribution in [3.63, 3.8) is 0 Å². The number of nitrogens with one attached hydrogen (secondary N) is 1. The van der Waals surface area contributed by atoms with Crippen molar-refractivity contribution in [1.82, 2.24) is 5.32 Å². The Morgan fingerprint density at radius 2 is 2.22 bits per heavy atom. The highest BCUT2D eigenvalue weighted by Crippen LogP contribution is 2.21. The van der Waals surface area contributed by atoms with Gasteiger partial charge >= 0.3 is 0 Å². The van der Waals surface area contributed by atoms with Crippen LogP contribution in [0.1, 0.15) is 11.8 Å². The summed E-state index contributed by atoms with van der Waals surface area (Å²) in [5, 5.41) is 14.9. The van der Waals surface area contributed by atoms with E-state index in [0.717, 1.165) is 11.0 Å². The van der Waals surface area contributed by atoms with Crippen molar-refractivity contribution in [2.45, 2.75) is 19.6 Å². The zero-order chi connectivity index (χ0) is 13.2. The van der Waals surface area contributed by atoms with E-state index in [-0.39, 0.29) is 0 Å². The second-order valence-electron chi connectivity index (χ2n) is 3.75. The van der Waals surface area contributed by atoms with Gasteiger partial charge in [-0.15, -0.1) is 11.3 Å². The molecular formula is C12H20BrNO3S. The number of hydrogen-bond donors (Lipinski definition) is 2. The number of ether oxygens (including phenoxy) is 2. The highest BCUT2D eigenvalue weighted by Gasteiger charge is 2.05. The van der Waals surface area contributed by atoms with E-state index < -0.39 is 6.10 Å². The molecule has 18 heavy (non-hydrogen) atoms. The molecule has 2 N–H and O–H groups in total. The van der Waals surface area contributed by atoms with Gasteiger partial charge in [0, 0.05) is 29.0 Å². The molecule has 0 radical (unpaired) electrons. The van der Waals surface area contributed by atoms with E-state index in [0.29, 0.717) is 33.0 Å². The van der Waals surface area contributed by atoms with Gasteiger partial charge in [-0.3, -0.25) is 0 Å². The molecule has 1 heterocycles. The number of aliphatic hydroxyl groups excluding tert-OH is 1. The SMILES string of the molecule is CCOCCOCC(O)CNCc1sccc1Br. The van der Waals surface area contributed by atoms with E-state index in [9.17, 15) is 5.11 Å². The van der Waals surface area contributed by atoms with Crippen LogP contribution >= 0.6 is 27.3 Å². The molecule has 0 aromatic carbocycles. The maximum Gasteiger partial charge on any atom is 0.0897 e. The fraction of sp³-hybridized carbons (Fsp3) is 0.667. The summed E-state index contributed by atoms with van der Waals surface area (Å²) in [6.07, 6.45) is -0.481. The second kappa shape index (κ2) is 9.89. The summed E-state index contributed by atoms with van der Waals surface area (Å²) in [7, 11) is 0. The molecule has 1 rings (SSSR count). The Bertz CT molecular complexity index is 322. The summed E-state index contributed by atoms with van der Waals surface area (Å²) < 4.78 is 11.5. The average Bonchev–Trinajstić information content (AvgIpc) is 2.75. The predicted molar refractivity (Wildman–Crippen MR) is 77.0 cm³/mol. The van der Waals surface area contributed by atoms with Gasteiger partial charge in [-0.2, -0.15) is 0 Å². The highest BCUT2D eigenvalue weighted by atomic mass is 79.9. The van der Waals surface area contributed by atoms with E-state index in [2.05, 4.69) is 21.2 Å². The molecular weight excluding hydrogens is 318 g/mol. The van der Waals surface area contributed by atoms with Crippen LogP contribution in [-0.2, 0) is 16.0 Å². The Hall–Kier alpha value is 0.0200. The van der Waals surface area contributed by atoms with Crippen LogP contribution in [0.15, 0.2) is 15.9 Å². The first-order chi connectivity index (χ1) is 8.74. The van der Waals surface area contributed by atoms with Gasteiger partial charge < -0.3 is 19.9 Å². The summed E-state index contributed by atoms with van der Waals surface area (Å²) in [4.78, 5) is 1.24. The van der Waals surface area contributed by atoms with Crippen molar-refractivity contribution in [3.8, 4) is 0 Å². The maximum atomic E-state index is 9.67. The van der Waals surface area contributed by atoms with Gasteiger partial charge in [0.15, 0.2) is 0 Å². The van der Waals surface area contributed by atoms with Crippen LogP contribution in [-0.4, -0.2) is 44.2 Å². The smallest absolute Gasteiger partial charge is 0.0897 e. The first-order valence-corrected chi connectivity index (χ1v) is 7.67. The Morgan fingerprint density at radius 1 is 1.44 bits per heavy atom. The average molecular weight is 338 g/mol. The first-order valence-electron chi connectivity index (χ1n) is 6.00. The summed E-state index contributed by atoms with van der Waals surface area (Å²) in [6, 6.07) is 2.02. The molecule has 1 aromatic rings. The molecule has 1 unspecified atom stereocenters. The molecule has 0 spiro atoms. The topological polar surface area (TPSA) is 50.7 Å². The fourth-order valence-electron chi connectivity index (χ4n) is 1.34. The van der Waals surface area contributed by atoms with Crippen molar-refractivity contribution in [2.24, 2.45) is 0 Å². The van der Waals surface area contributed by atoms with Gasteiger partial charge in [-0.25, -0.2) is 0 Å². The third kappa shape index (κ3) is 6.82. The van der Waals surface area contributed by atoms with E-state index in [4.69, 9.17) is 9.47 Å². The molecule has 0 amide bonds. The highest BCUT2D eigenvalue weighted by molar-refractivity contribution is 9.10. The second-order valence-corrected chi connectivity index (χ2v) is 5.60. The minimum atomic E-state index is -0.481. The van der Waals surface area contributed by atoms with Crippen LogP contribution < -0.4 is 5.32 Å². The van der Waals surface area contributed by atoms with Crippen LogP contribution in [0.3, 0.4) is 0 Å². The molecule has 0 aliphatic carbocycles. The van der Waals surface area contributed by atoms with Crippen molar-refractivity contribution in [3.05, 3.63) is 20.8 Å². The lowest BCUT2D eigenvalue weighted by molar-refractivity contribution is 0.00644. The molecule has 1 aromatic heterocycles. The molecule has 0 saturated heterocycles. The van der Waals surface area contributed by atoms with Crippen molar-refractivity contribution in [2.75, 3.05) is 33.0 Å². The standard InChI is InChI=1S/C12H20BrNO3S/c1-2-16-4-5-17-9-10(15)7-14-8-12-11(13)3-6-18-12/h3,6,10,14-15H,2,4-5,7-9H2,1H3. The summed E-state index contributed by atoms with van der Waals surface area (Å²) in [6.45, 7) is 5.38. The maximum absolute atomic E-state index is 9.67. The largest absolute Gasteiger partial charge is 0.389 e. The summed E-state index contributed by atoms with van der Waals surface area (Å²) in [5.74, 6) is 0. The summed E-state index contributed by atoms with van der Waals surface area (Å²) >= 11 is 5.16. The normalized spacial score (nSPS) is 12.8. The Labute approximate surface area is 120 Å². The van der Waals surface area contributed by atoms with E-state index in [1.54, 1.807) is 11.3 Å². The summed E-state index contributed by atoms with van der Waals surface area (Å²) in [5.41, 5.74) is 0. The molecule has 0 aliphatic heterocycles. The van der Waals surface area contributed by atoms with Gasteiger partial charge in [-0.1, -0.05) is 0 Å². The number of halogens is 1.